The molecule has 0 unspecified atom stereocenters. The van der Waals surface area contributed by atoms with Crippen molar-refractivity contribution < 1.29 is 0 Å². The molecule has 28 heavy (non-hydrogen) atoms. The summed E-state index contributed by atoms with van der Waals surface area (Å²) in [5, 5.41) is 4.49. The second kappa shape index (κ2) is 8.63. The highest BCUT2D eigenvalue weighted by molar-refractivity contribution is 5.77. The summed E-state index contributed by atoms with van der Waals surface area (Å²) in [7, 11) is 0. The molecule has 2 heterocycles. The van der Waals surface area contributed by atoms with Gasteiger partial charge in [-0.05, 0) is 56.0 Å². The predicted molar refractivity (Wildman–Crippen MR) is 118 cm³/mol. The van der Waals surface area contributed by atoms with E-state index in [0.717, 1.165) is 42.7 Å². The lowest BCUT2D eigenvalue weighted by molar-refractivity contribution is 0.532. The van der Waals surface area contributed by atoms with Gasteiger partial charge in [-0.2, -0.15) is 4.98 Å². The van der Waals surface area contributed by atoms with Crippen LogP contribution in [-0.4, -0.2) is 27.6 Å². The zero-order valence-corrected chi connectivity index (χ0v) is 17.1. The third-order valence-electron chi connectivity index (χ3n) is 5.65. The molecule has 0 aliphatic heterocycles. The lowest BCUT2D eigenvalue weighted by Gasteiger charge is -2.24. The number of hydrogen-bond acceptors (Lipinski definition) is 4. The number of hydrogen-bond donors (Lipinski definition) is 1. The Morgan fingerprint density at radius 2 is 1.75 bits per heavy atom. The normalized spacial score (nSPS) is 14.6. The van der Waals surface area contributed by atoms with Crippen molar-refractivity contribution >= 4 is 28.4 Å². The van der Waals surface area contributed by atoms with Crippen molar-refractivity contribution in [2.75, 3.05) is 23.3 Å². The Kier molecular flexibility index (Phi) is 5.79. The smallest absolute Gasteiger partial charge is 0.229 e. The van der Waals surface area contributed by atoms with Crippen molar-refractivity contribution in [3.63, 3.8) is 0 Å². The number of fused-ring (bicyclic) bond motifs is 1. The van der Waals surface area contributed by atoms with Gasteiger partial charge in [0.1, 0.15) is 5.65 Å². The van der Waals surface area contributed by atoms with Gasteiger partial charge in [0.2, 0.25) is 5.95 Å². The molecule has 2 aromatic heterocycles. The monoisotopic (exact) mass is 377 g/mol. The summed E-state index contributed by atoms with van der Waals surface area (Å²) in [6, 6.07) is 11.3. The summed E-state index contributed by atoms with van der Waals surface area (Å²) in [4.78, 5) is 11.8. The third kappa shape index (κ3) is 3.98. The maximum absolute atomic E-state index is 4.82. The molecule has 4 rings (SSSR count). The van der Waals surface area contributed by atoms with Crippen molar-refractivity contribution in [1.82, 2.24) is 14.5 Å². The first-order valence-electron chi connectivity index (χ1n) is 10.7. The largest absolute Gasteiger partial charge is 0.372 e. The molecule has 1 aliphatic rings. The van der Waals surface area contributed by atoms with Gasteiger partial charge >= 0.3 is 0 Å². The molecule has 1 saturated carbocycles. The molecule has 1 aliphatic carbocycles. The van der Waals surface area contributed by atoms with Gasteiger partial charge in [-0.25, -0.2) is 4.98 Å². The van der Waals surface area contributed by atoms with E-state index in [4.69, 9.17) is 4.98 Å². The number of nitrogens with one attached hydrogen (secondary N) is 1. The first kappa shape index (κ1) is 18.8. The minimum absolute atomic E-state index is 0.586. The quantitative estimate of drug-likeness (QED) is 0.529. The maximum atomic E-state index is 4.82. The van der Waals surface area contributed by atoms with Crippen LogP contribution in [0.5, 0.6) is 0 Å². The van der Waals surface area contributed by atoms with Crippen molar-refractivity contribution in [1.29, 1.82) is 0 Å². The van der Waals surface area contributed by atoms with Crippen LogP contribution in [-0.2, 0) is 0 Å². The van der Waals surface area contributed by atoms with Crippen molar-refractivity contribution in [3.8, 4) is 0 Å². The van der Waals surface area contributed by atoms with Gasteiger partial charge in [0.05, 0.1) is 0 Å². The SMILES string of the molecule is CCCN(CCC)c1ccc(Nc2ncc3ccn(C4CCCC4)c3n2)cc1. The number of benzene rings is 1. The molecule has 0 amide bonds. The van der Waals surface area contributed by atoms with E-state index in [1.807, 2.05) is 6.20 Å². The second-order valence-corrected chi connectivity index (χ2v) is 7.79. The van der Waals surface area contributed by atoms with E-state index in [1.54, 1.807) is 0 Å². The van der Waals surface area contributed by atoms with Crippen LogP contribution >= 0.6 is 0 Å². The fraction of sp³-hybridized carbons (Fsp3) is 0.478. The molecular formula is C23H31N5. The molecule has 1 N–H and O–H groups in total. The third-order valence-corrected chi connectivity index (χ3v) is 5.65. The highest BCUT2D eigenvalue weighted by atomic mass is 15.2. The lowest BCUT2D eigenvalue weighted by Crippen LogP contribution is -2.24. The summed E-state index contributed by atoms with van der Waals surface area (Å²) < 4.78 is 2.34. The zero-order valence-electron chi connectivity index (χ0n) is 17.1. The van der Waals surface area contributed by atoms with Gasteiger partial charge in [0.15, 0.2) is 0 Å². The number of anilines is 3. The van der Waals surface area contributed by atoms with E-state index in [2.05, 4.69) is 70.1 Å². The van der Waals surface area contributed by atoms with Gasteiger partial charge in [-0.15, -0.1) is 0 Å². The summed E-state index contributed by atoms with van der Waals surface area (Å²) in [5.74, 6) is 0.664. The fourth-order valence-electron chi connectivity index (χ4n) is 4.27. The Hall–Kier alpha value is -2.56. The Balaban J connectivity index is 1.52. The van der Waals surface area contributed by atoms with Gasteiger partial charge in [0, 0.05) is 48.3 Å². The Bertz CT molecular complexity index is 887. The van der Waals surface area contributed by atoms with E-state index in [1.165, 1.54) is 31.4 Å². The van der Waals surface area contributed by atoms with Crippen molar-refractivity contribution in [2.45, 2.75) is 58.4 Å². The van der Waals surface area contributed by atoms with Gasteiger partial charge in [-0.3, -0.25) is 0 Å². The first-order chi connectivity index (χ1) is 13.8. The average molecular weight is 378 g/mol. The van der Waals surface area contributed by atoms with E-state index < -0.39 is 0 Å². The van der Waals surface area contributed by atoms with Crippen LogP contribution in [0.25, 0.3) is 11.0 Å². The average Bonchev–Trinajstić information content (AvgIpc) is 3.38. The van der Waals surface area contributed by atoms with Gasteiger partial charge < -0.3 is 14.8 Å². The van der Waals surface area contributed by atoms with Gasteiger partial charge in [0.25, 0.3) is 0 Å². The topological polar surface area (TPSA) is 46.0 Å². The van der Waals surface area contributed by atoms with E-state index in [0.29, 0.717) is 12.0 Å². The molecule has 148 valence electrons. The molecule has 0 atom stereocenters. The highest BCUT2D eigenvalue weighted by Crippen LogP contribution is 2.32. The van der Waals surface area contributed by atoms with E-state index in [9.17, 15) is 0 Å². The molecule has 3 aromatic rings. The summed E-state index contributed by atoms with van der Waals surface area (Å²) in [5.41, 5.74) is 3.34. The number of nitrogens with zero attached hydrogens (tertiary/aromatic N) is 4. The minimum atomic E-state index is 0.586. The standard InChI is InChI=1S/C23H31N5/c1-3-14-27(15-4-2)20-11-9-19(10-12-20)25-23-24-17-18-13-16-28(22(18)26-23)21-7-5-6-8-21/h9-13,16-17,21H,3-8,14-15H2,1-2H3,(H,24,25,26). The molecule has 0 bridgehead atoms. The summed E-state index contributed by atoms with van der Waals surface area (Å²) in [6.07, 6.45) is 11.6. The molecule has 5 nitrogen and oxygen atoms in total. The maximum Gasteiger partial charge on any atom is 0.229 e. The zero-order chi connectivity index (χ0) is 19.3. The van der Waals surface area contributed by atoms with Crippen LogP contribution in [0.15, 0.2) is 42.7 Å². The van der Waals surface area contributed by atoms with Crippen LogP contribution in [0.3, 0.4) is 0 Å². The van der Waals surface area contributed by atoms with Gasteiger partial charge in [-0.1, -0.05) is 26.7 Å². The lowest BCUT2D eigenvalue weighted by atomic mass is 10.2. The Labute approximate surface area is 167 Å². The van der Waals surface area contributed by atoms with Crippen LogP contribution in [0.2, 0.25) is 0 Å². The number of rotatable bonds is 8. The Morgan fingerprint density at radius 1 is 1.04 bits per heavy atom. The molecule has 0 radical (unpaired) electrons. The van der Waals surface area contributed by atoms with Crippen LogP contribution in [0, 0.1) is 0 Å². The first-order valence-corrected chi connectivity index (χ1v) is 10.7. The Morgan fingerprint density at radius 3 is 2.43 bits per heavy atom. The second-order valence-electron chi connectivity index (χ2n) is 7.79. The summed E-state index contributed by atoms with van der Waals surface area (Å²) in [6.45, 7) is 6.65. The van der Waals surface area contributed by atoms with Crippen LogP contribution in [0.1, 0.15) is 58.4 Å². The molecule has 0 saturated heterocycles. The van der Waals surface area contributed by atoms with Crippen molar-refractivity contribution in [2.24, 2.45) is 0 Å². The highest BCUT2D eigenvalue weighted by Gasteiger charge is 2.19. The molecule has 1 fully saturated rings. The molecule has 5 heteroatoms. The summed E-state index contributed by atoms with van der Waals surface area (Å²) >= 11 is 0. The predicted octanol–water partition coefficient (Wildman–Crippen LogP) is 5.92. The molecular weight excluding hydrogens is 346 g/mol. The number of aromatic nitrogens is 3. The van der Waals surface area contributed by atoms with Crippen molar-refractivity contribution in [3.05, 3.63) is 42.7 Å². The fourth-order valence-corrected chi connectivity index (χ4v) is 4.27. The van der Waals surface area contributed by atoms with Crippen LogP contribution in [0.4, 0.5) is 17.3 Å². The minimum Gasteiger partial charge on any atom is -0.372 e. The van der Waals surface area contributed by atoms with E-state index in [-0.39, 0.29) is 0 Å². The molecule has 1 aromatic carbocycles. The molecule has 0 spiro atoms. The van der Waals surface area contributed by atoms with E-state index >= 15 is 0 Å². The van der Waals surface area contributed by atoms with Crippen LogP contribution < -0.4 is 10.2 Å².